The summed E-state index contributed by atoms with van der Waals surface area (Å²) in [7, 11) is 1.55. The maximum atomic E-state index is 14.9. The van der Waals surface area contributed by atoms with Crippen LogP contribution in [0.25, 0.3) is 0 Å². The van der Waals surface area contributed by atoms with Crippen molar-refractivity contribution in [3.8, 4) is 5.75 Å². The Bertz CT molecular complexity index is 1430. The maximum Gasteiger partial charge on any atom is 0.325 e. The number of aliphatic hydroxyl groups excluding tert-OH is 1. The van der Waals surface area contributed by atoms with E-state index < -0.39 is 59.2 Å². The number of urea groups is 1. The summed E-state index contributed by atoms with van der Waals surface area (Å²) in [6.45, 7) is 0.605. The molecule has 3 aromatic rings. The maximum absolute atomic E-state index is 14.9. The van der Waals surface area contributed by atoms with Crippen molar-refractivity contribution >= 4 is 17.6 Å². The molecule has 0 radical (unpaired) electrons. The number of ether oxygens (including phenoxy) is 1. The van der Waals surface area contributed by atoms with Gasteiger partial charge < -0.3 is 20.1 Å². The van der Waals surface area contributed by atoms with Gasteiger partial charge in [-0.25, -0.2) is 26.7 Å². The minimum absolute atomic E-state index is 0.0204. The number of hydrogen-bond donors (Lipinski definition) is 2. The van der Waals surface area contributed by atoms with E-state index in [1.165, 1.54) is 21.9 Å². The lowest BCUT2D eigenvalue weighted by atomic mass is 9.98. The molecular weight excluding hydrogens is 537 g/mol. The van der Waals surface area contributed by atoms with Gasteiger partial charge in [-0.2, -0.15) is 0 Å². The van der Waals surface area contributed by atoms with E-state index in [9.17, 15) is 31.5 Å². The predicted molar refractivity (Wildman–Crippen MR) is 135 cm³/mol. The van der Waals surface area contributed by atoms with Crippen LogP contribution in [0.5, 0.6) is 5.75 Å². The van der Waals surface area contributed by atoms with E-state index in [0.717, 1.165) is 6.07 Å². The fourth-order valence-electron chi connectivity index (χ4n) is 4.37. The summed E-state index contributed by atoms with van der Waals surface area (Å²) in [4.78, 5) is 28.8. The lowest BCUT2D eigenvalue weighted by Gasteiger charge is -2.40. The van der Waals surface area contributed by atoms with Gasteiger partial charge in [-0.3, -0.25) is 9.69 Å². The topological polar surface area (TPSA) is 82.1 Å². The van der Waals surface area contributed by atoms with E-state index in [4.69, 9.17) is 9.84 Å². The smallest absolute Gasteiger partial charge is 0.325 e. The Morgan fingerprint density at radius 1 is 0.975 bits per heavy atom. The quantitative estimate of drug-likeness (QED) is 0.277. The number of carbonyl (C=O) groups excluding carboxylic acids is 2. The lowest BCUT2D eigenvalue weighted by Crippen LogP contribution is -2.46. The van der Waals surface area contributed by atoms with Gasteiger partial charge in [-0.05, 0) is 24.6 Å². The predicted octanol–water partition coefficient (Wildman–Crippen LogP) is 5.21. The van der Waals surface area contributed by atoms with Crippen LogP contribution in [0.4, 0.5) is 32.4 Å². The van der Waals surface area contributed by atoms with Gasteiger partial charge in [0.1, 0.15) is 34.8 Å². The van der Waals surface area contributed by atoms with Crippen LogP contribution in [0.1, 0.15) is 46.4 Å². The van der Waals surface area contributed by atoms with Gasteiger partial charge in [0.15, 0.2) is 0 Å². The van der Waals surface area contributed by atoms with Gasteiger partial charge in [0.25, 0.3) is 5.91 Å². The zero-order chi connectivity index (χ0) is 29.1. The number of halogens is 5. The highest BCUT2D eigenvalue weighted by atomic mass is 19.2. The SMILES string of the molecule is C[C@H]1c2ccc(C(=O)NCc3c(F)cc(F)cc3F)cc2N(Cc2c(F)cc(F)cc2OCCCO)C(=O)N1C. The first-order valence-electron chi connectivity index (χ1n) is 12.3. The van der Waals surface area contributed by atoms with Crippen molar-refractivity contribution in [2.24, 2.45) is 0 Å². The molecular formula is C28H26F5N3O4. The molecule has 1 aliphatic heterocycles. The Morgan fingerprint density at radius 3 is 2.25 bits per heavy atom. The number of nitrogens with zero attached hydrogens (tertiary/aromatic N) is 2. The Morgan fingerprint density at radius 2 is 1.60 bits per heavy atom. The molecule has 4 rings (SSSR count). The highest BCUT2D eigenvalue weighted by Crippen LogP contribution is 2.38. The number of benzene rings is 3. The first kappa shape index (κ1) is 28.8. The Hall–Kier alpha value is -4.19. The minimum atomic E-state index is -1.16. The molecule has 0 fully saturated rings. The first-order valence-corrected chi connectivity index (χ1v) is 12.3. The van der Waals surface area contributed by atoms with Crippen LogP contribution in [0.2, 0.25) is 0 Å². The van der Waals surface area contributed by atoms with Crippen LogP contribution < -0.4 is 15.0 Å². The van der Waals surface area contributed by atoms with Crippen LogP contribution in [0.3, 0.4) is 0 Å². The van der Waals surface area contributed by atoms with E-state index in [-0.39, 0.29) is 48.7 Å². The molecule has 1 aliphatic rings. The van der Waals surface area contributed by atoms with Crippen molar-refractivity contribution in [1.82, 2.24) is 10.2 Å². The molecule has 0 unspecified atom stereocenters. The Labute approximate surface area is 226 Å². The Balaban J connectivity index is 1.66. The van der Waals surface area contributed by atoms with Crippen molar-refractivity contribution in [3.05, 3.63) is 93.8 Å². The van der Waals surface area contributed by atoms with Gasteiger partial charge in [0.05, 0.1) is 24.9 Å². The first-order chi connectivity index (χ1) is 19.0. The highest BCUT2D eigenvalue weighted by molar-refractivity contribution is 5.99. The summed E-state index contributed by atoms with van der Waals surface area (Å²) < 4.78 is 75.6. The molecule has 0 aliphatic carbocycles. The van der Waals surface area contributed by atoms with E-state index >= 15 is 0 Å². The molecule has 0 saturated carbocycles. The molecule has 0 saturated heterocycles. The molecule has 12 heteroatoms. The second kappa shape index (κ2) is 11.9. The van der Waals surface area contributed by atoms with Crippen molar-refractivity contribution < 1.29 is 41.4 Å². The van der Waals surface area contributed by atoms with E-state index in [1.807, 2.05) is 0 Å². The van der Waals surface area contributed by atoms with E-state index in [0.29, 0.717) is 23.8 Å². The van der Waals surface area contributed by atoms with Gasteiger partial charge in [-0.15, -0.1) is 0 Å². The summed E-state index contributed by atoms with van der Waals surface area (Å²) in [6.07, 6.45) is 0.216. The standard InChI is InChI=1S/C28H26F5N3O4/c1-15-19-5-4-16(27(38)34-13-20-22(31)9-17(29)10-23(20)32)8-25(19)36(28(39)35(15)2)14-21-24(33)11-18(30)12-26(21)40-7-3-6-37/h4-5,8-12,15,37H,3,6-7,13-14H2,1-2H3,(H,34,38)/t15-/m0/s1. The zero-order valence-electron chi connectivity index (χ0n) is 21.6. The summed E-state index contributed by atoms with van der Waals surface area (Å²) in [5, 5.41) is 11.4. The van der Waals surface area contributed by atoms with Gasteiger partial charge in [0, 0.05) is 67.6 Å². The number of amides is 3. The minimum Gasteiger partial charge on any atom is -0.493 e. The van der Waals surface area contributed by atoms with Crippen LogP contribution in [0.15, 0.2) is 42.5 Å². The molecule has 0 aromatic heterocycles. The molecule has 212 valence electrons. The number of nitrogens with one attached hydrogen (secondary N) is 1. The van der Waals surface area contributed by atoms with E-state index in [1.54, 1.807) is 20.0 Å². The number of hydrogen-bond acceptors (Lipinski definition) is 4. The molecule has 3 amide bonds. The normalized spacial score (nSPS) is 14.8. The second-order valence-corrected chi connectivity index (χ2v) is 9.25. The molecule has 0 bridgehead atoms. The van der Waals surface area contributed by atoms with Gasteiger partial charge in [0.2, 0.25) is 0 Å². The molecule has 40 heavy (non-hydrogen) atoms. The second-order valence-electron chi connectivity index (χ2n) is 9.25. The number of rotatable bonds is 9. The third kappa shape index (κ3) is 5.86. The highest BCUT2D eigenvalue weighted by Gasteiger charge is 2.35. The lowest BCUT2D eigenvalue weighted by molar-refractivity contribution is 0.0950. The summed E-state index contributed by atoms with van der Waals surface area (Å²) in [5.74, 6) is -6.12. The average molecular weight is 564 g/mol. The molecule has 7 nitrogen and oxygen atoms in total. The molecule has 0 spiro atoms. The monoisotopic (exact) mass is 563 g/mol. The third-order valence-corrected chi connectivity index (χ3v) is 6.67. The largest absolute Gasteiger partial charge is 0.493 e. The average Bonchev–Trinajstić information content (AvgIpc) is 2.90. The van der Waals surface area contributed by atoms with Crippen molar-refractivity contribution in [2.75, 3.05) is 25.2 Å². The third-order valence-electron chi connectivity index (χ3n) is 6.67. The zero-order valence-corrected chi connectivity index (χ0v) is 21.6. The van der Waals surface area contributed by atoms with E-state index in [2.05, 4.69) is 5.32 Å². The molecule has 2 N–H and O–H groups in total. The fourth-order valence-corrected chi connectivity index (χ4v) is 4.37. The molecule has 1 atom stereocenters. The number of fused-ring (bicyclic) bond motifs is 1. The van der Waals surface area contributed by atoms with Gasteiger partial charge in [-0.1, -0.05) is 6.07 Å². The Kier molecular flexibility index (Phi) is 8.58. The molecule has 1 heterocycles. The summed E-state index contributed by atoms with van der Waals surface area (Å²) in [6, 6.07) is 6.15. The van der Waals surface area contributed by atoms with Gasteiger partial charge >= 0.3 is 6.03 Å². The van der Waals surface area contributed by atoms with Crippen molar-refractivity contribution in [2.45, 2.75) is 32.5 Å². The van der Waals surface area contributed by atoms with Crippen LogP contribution in [-0.4, -0.2) is 42.2 Å². The summed E-state index contributed by atoms with van der Waals surface area (Å²) in [5.41, 5.74) is 0.293. The van der Waals surface area contributed by atoms with Crippen LogP contribution >= 0.6 is 0 Å². The summed E-state index contributed by atoms with van der Waals surface area (Å²) >= 11 is 0. The van der Waals surface area contributed by atoms with Crippen LogP contribution in [-0.2, 0) is 13.1 Å². The number of aliphatic hydroxyl groups is 1. The molecule has 3 aromatic carbocycles. The number of anilines is 1. The van der Waals surface area contributed by atoms with Crippen molar-refractivity contribution in [3.63, 3.8) is 0 Å². The van der Waals surface area contributed by atoms with Crippen molar-refractivity contribution in [1.29, 1.82) is 0 Å². The fraction of sp³-hybridized carbons (Fsp3) is 0.286. The number of carbonyl (C=O) groups is 2. The van der Waals surface area contributed by atoms with Crippen LogP contribution in [0, 0.1) is 29.1 Å².